The fourth-order valence-corrected chi connectivity index (χ4v) is 3.99. The molecule has 0 fully saturated rings. The van der Waals surface area contributed by atoms with Gasteiger partial charge in [-0.2, -0.15) is 5.10 Å². The van der Waals surface area contributed by atoms with E-state index in [0.29, 0.717) is 34.5 Å². The van der Waals surface area contributed by atoms with Crippen molar-refractivity contribution in [1.82, 2.24) is 14.9 Å². The molecule has 1 N–H and O–H groups in total. The normalized spacial score (nSPS) is 11.7. The Morgan fingerprint density at radius 2 is 1.97 bits per heavy atom. The summed E-state index contributed by atoms with van der Waals surface area (Å²) in [5.41, 5.74) is 4.57. The van der Waals surface area contributed by atoms with Crippen LogP contribution >= 0.6 is 11.6 Å². The standard InChI is InChI=1S/C22H17ClN4O4/c1-29-17-9-12-8-16-20(22(28)24-19-6-7-31-26-19)25-27(14-5-3-4-13(23)10-14)21(16)15(12)11-18(17)30-2/h3-7,9-11H,8H2,1-2H3,(H,24,26,28). The number of aromatic nitrogens is 3. The summed E-state index contributed by atoms with van der Waals surface area (Å²) in [5, 5.41) is 11.7. The highest BCUT2D eigenvalue weighted by molar-refractivity contribution is 6.30. The molecule has 0 spiro atoms. The van der Waals surface area contributed by atoms with Crippen molar-refractivity contribution in [3.05, 3.63) is 70.6 Å². The van der Waals surface area contributed by atoms with Crippen molar-refractivity contribution in [3.8, 4) is 28.4 Å². The molecule has 1 amide bonds. The SMILES string of the molecule is COc1cc2c(cc1OC)-c1c(c(C(=O)Nc3ccon3)nn1-c1cccc(Cl)c1)C2. The Kier molecular flexibility index (Phi) is 4.63. The van der Waals surface area contributed by atoms with Crippen molar-refractivity contribution in [3.63, 3.8) is 0 Å². The second-order valence-electron chi connectivity index (χ2n) is 6.95. The van der Waals surface area contributed by atoms with Gasteiger partial charge in [0.05, 0.1) is 25.6 Å². The highest BCUT2D eigenvalue weighted by Crippen LogP contribution is 2.45. The minimum absolute atomic E-state index is 0.298. The van der Waals surface area contributed by atoms with Crippen LogP contribution in [0.3, 0.4) is 0 Å². The van der Waals surface area contributed by atoms with Crippen LogP contribution in [0.4, 0.5) is 5.82 Å². The van der Waals surface area contributed by atoms with Crippen LogP contribution in [-0.4, -0.2) is 35.1 Å². The third-order valence-corrected chi connectivity index (χ3v) is 5.40. The van der Waals surface area contributed by atoms with E-state index in [1.165, 1.54) is 6.26 Å². The van der Waals surface area contributed by atoms with Crippen LogP contribution in [0.25, 0.3) is 16.9 Å². The minimum Gasteiger partial charge on any atom is -0.493 e. The molecule has 0 saturated heterocycles. The largest absolute Gasteiger partial charge is 0.493 e. The number of hydrogen-bond donors (Lipinski definition) is 1. The van der Waals surface area contributed by atoms with Gasteiger partial charge in [0.25, 0.3) is 5.91 Å². The van der Waals surface area contributed by atoms with Gasteiger partial charge < -0.3 is 19.3 Å². The summed E-state index contributed by atoms with van der Waals surface area (Å²) in [4.78, 5) is 13.0. The number of halogens is 1. The van der Waals surface area contributed by atoms with Crippen LogP contribution in [0.5, 0.6) is 11.5 Å². The van der Waals surface area contributed by atoms with E-state index < -0.39 is 0 Å². The van der Waals surface area contributed by atoms with Crippen LogP contribution in [0.2, 0.25) is 5.02 Å². The fraction of sp³-hybridized carbons (Fsp3) is 0.136. The smallest absolute Gasteiger partial charge is 0.277 e. The number of nitrogens with zero attached hydrogens (tertiary/aromatic N) is 3. The molecular formula is C22H17ClN4O4. The number of fused-ring (bicyclic) bond motifs is 3. The molecule has 2 aromatic carbocycles. The molecule has 0 bridgehead atoms. The van der Waals surface area contributed by atoms with Crippen molar-refractivity contribution in [2.45, 2.75) is 6.42 Å². The summed E-state index contributed by atoms with van der Waals surface area (Å²) >= 11 is 6.22. The van der Waals surface area contributed by atoms with Gasteiger partial charge in [-0.15, -0.1) is 0 Å². The first-order valence-corrected chi connectivity index (χ1v) is 9.81. The van der Waals surface area contributed by atoms with Gasteiger partial charge in [0, 0.05) is 28.6 Å². The molecule has 0 saturated carbocycles. The molecule has 0 radical (unpaired) electrons. The molecule has 0 aliphatic heterocycles. The van der Waals surface area contributed by atoms with Crippen LogP contribution in [-0.2, 0) is 6.42 Å². The van der Waals surface area contributed by atoms with Crippen LogP contribution < -0.4 is 14.8 Å². The third-order valence-electron chi connectivity index (χ3n) is 5.16. The molecule has 4 aromatic rings. The van der Waals surface area contributed by atoms with E-state index in [1.807, 2.05) is 24.3 Å². The maximum atomic E-state index is 13.0. The van der Waals surface area contributed by atoms with Crippen molar-refractivity contribution in [2.75, 3.05) is 19.5 Å². The van der Waals surface area contributed by atoms with E-state index >= 15 is 0 Å². The number of nitrogens with one attached hydrogen (secondary N) is 1. The van der Waals surface area contributed by atoms with Crippen molar-refractivity contribution in [2.24, 2.45) is 0 Å². The van der Waals surface area contributed by atoms with Gasteiger partial charge in [-0.1, -0.05) is 22.8 Å². The molecule has 1 aliphatic rings. The lowest BCUT2D eigenvalue weighted by atomic mass is 10.1. The predicted octanol–water partition coefficient (Wildman–Crippen LogP) is 4.35. The average molecular weight is 437 g/mol. The molecule has 0 atom stereocenters. The molecule has 2 heterocycles. The van der Waals surface area contributed by atoms with Crippen molar-refractivity contribution >= 4 is 23.3 Å². The van der Waals surface area contributed by atoms with E-state index in [-0.39, 0.29) is 5.91 Å². The van der Waals surface area contributed by atoms with Gasteiger partial charge in [-0.25, -0.2) is 4.68 Å². The van der Waals surface area contributed by atoms with Gasteiger partial charge in [0.2, 0.25) is 0 Å². The molecule has 5 rings (SSSR count). The topological polar surface area (TPSA) is 91.4 Å². The number of amides is 1. The number of benzene rings is 2. The lowest BCUT2D eigenvalue weighted by Crippen LogP contribution is -2.15. The third kappa shape index (κ3) is 3.21. The monoisotopic (exact) mass is 436 g/mol. The van der Waals surface area contributed by atoms with Crippen LogP contribution in [0, 0.1) is 0 Å². The predicted molar refractivity (Wildman–Crippen MR) is 114 cm³/mol. The first-order chi connectivity index (χ1) is 15.1. The zero-order chi connectivity index (χ0) is 21.5. The Bertz CT molecular complexity index is 1300. The Labute approximate surface area is 182 Å². The Hall–Kier alpha value is -3.78. The lowest BCUT2D eigenvalue weighted by molar-refractivity contribution is 0.102. The van der Waals surface area contributed by atoms with Gasteiger partial charge in [-0.3, -0.25) is 4.79 Å². The molecular weight excluding hydrogens is 420 g/mol. The molecule has 156 valence electrons. The summed E-state index contributed by atoms with van der Waals surface area (Å²) < 4.78 is 17.5. The molecule has 1 aliphatic carbocycles. The van der Waals surface area contributed by atoms with Crippen LogP contribution in [0.15, 0.2) is 53.3 Å². The van der Waals surface area contributed by atoms with Gasteiger partial charge in [-0.05, 0) is 35.9 Å². The second-order valence-corrected chi connectivity index (χ2v) is 7.38. The van der Waals surface area contributed by atoms with Gasteiger partial charge in [0.1, 0.15) is 6.26 Å². The number of hydrogen-bond acceptors (Lipinski definition) is 6. The summed E-state index contributed by atoms with van der Waals surface area (Å²) in [6.07, 6.45) is 1.91. The number of anilines is 1. The minimum atomic E-state index is -0.377. The number of carbonyl (C=O) groups excluding carboxylic acids is 1. The number of rotatable bonds is 5. The molecule has 2 aromatic heterocycles. The van der Waals surface area contributed by atoms with Crippen molar-refractivity contribution < 1.29 is 18.8 Å². The number of carbonyl (C=O) groups is 1. The summed E-state index contributed by atoms with van der Waals surface area (Å²) in [6.45, 7) is 0. The highest BCUT2D eigenvalue weighted by Gasteiger charge is 2.32. The Morgan fingerprint density at radius 3 is 2.68 bits per heavy atom. The summed E-state index contributed by atoms with van der Waals surface area (Å²) in [6, 6.07) is 12.7. The van der Waals surface area contributed by atoms with E-state index in [9.17, 15) is 4.79 Å². The van der Waals surface area contributed by atoms with E-state index in [0.717, 1.165) is 28.1 Å². The second kappa shape index (κ2) is 7.48. The number of methoxy groups -OCH3 is 2. The molecule has 31 heavy (non-hydrogen) atoms. The van der Waals surface area contributed by atoms with Gasteiger partial charge in [0.15, 0.2) is 23.0 Å². The zero-order valence-corrected chi connectivity index (χ0v) is 17.4. The Morgan fingerprint density at radius 1 is 1.16 bits per heavy atom. The molecule has 9 heteroatoms. The average Bonchev–Trinajstić information content (AvgIpc) is 3.48. The lowest BCUT2D eigenvalue weighted by Gasteiger charge is -2.12. The fourth-order valence-electron chi connectivity index (χ4n) is 3.80. The summed E-state index contributed by atoms with van der Waals surface area (Å²) in [5.74, 6) is 1.16. The van der Waals surface area contributed by atoms with E-state index in [1.54, 1.807) is 37.1 Å². The number of ether oxygens (including phenoxy) is 2. The first-order valence-electron chi connectivity index (χ1n) is 9.44. The van der Waals surface area contributed by atoms with Crippen molar-refractivity contribution in [1.29, 1.82) is 0 Å². The van der Waals surface area contributed by atoms with E-state index in [2.05, 4.69) is 15.6 Å². The summed E-state index contributed by atoms with van der Waals surface area (Å²) in [7, 11) is 3.18. The maximum Gasteiger partial charge on any atom is 0.277 e. The van der Waals surface area contributed by atoms with E-state index in [4.69, 9.17) is 25.6 Å². The molecule has 8 nitrogen and oxygen atoms in total. The first kappa shape index (κ1) is 19.2. The quantitative estimate of drug-likeness (QED) is 0.440. The van der Waals surface area contributed by atoms with Gasteiger partial charge >= 0.3 is 0 Å². The molecule has 0 unspecified atom stereocenters. The van der Waals surface area contributed by atoms with Crippen LogP contribution in [0.1, 0.15) is 21.6 Å². The maximum absolute atomic E-state index is 13.0. The Balaban J connectivity index is 1.69. The zero-order valence-electron chi connectivity index (χ0n) is 16.7. The highest BCUT2D eigenvalue weighted by atomic mass is 35.5.